The number of amides is 1. The van der Waals surface area contributed by atoms with Gasteiger partial charge in [0.15, 0.2) is 5.13 Å². The van der Waals surface area contributed by atoms with E-state index >= 15 is 0 Å². The van der Waals surface area contributed by atoms with Crippen molar-refractivity contribution >= 4 is 58.5 Å². The van der Waals surface area contributed by atoms with Gasteiger partial charge in [-0.05, 0) is 67.9 Å². The van der Waals surface area contributed by atoms with Crippen molar-refractivity contribution in [3.8, 4) is 0 Å². The number of carbonyl (C=O) groups is 1. The number of nitrogens with zero attached hydrogens (tertiary/aromatic N) is 3. The molecule has 1 aromatic carbocycles. The quantitative estimate of drug-likeness (QED) is 0.541. The molecular formula is C19H21BrN4O3S2. The standard InChI is InChI=1S/C19H21BrN4O3S2/c1-11(2)24(12(3)4)29(26,27)15-5-6-16-17(8-15)28-19(22-16)23-18(25)13-7-14(20)10-21-9-13/h5-12H,1-4H3,(H,22,23,25). The van der Waals surface area contributed by atoms with Gasteiger partial charge in [0, 0.05) is 29.0 Å². The predicted molar refractivity (Wildman–Crippen MR) is 119 cm³/mol. The van der Waals surface area contributed by atoms with E-state index in [-0.39, 0.29) is 22.9 Å². The Bertz CT molecular complexity index is 1150. The summed E-state index contributed by atoms with van der Waals surface area (Å²) in [6.45, 7) is 7.42. The molecular weight excluding hydrogens is 476 g/mol. The Morgan fingerprint density at radius 2 is 1.83 bits per heavy atom. The minimum absolute atomic E-state index is 0.161. The number of halogens is 1. The molecule has 154 valence electrons. The summed E-state index contributed by atoms with van der Waals surface area (Å²) in [5.74, 6) is -0.337. The van der Waals surface area contributed by atoms with Gasteiger partial charge in [0.25, 0.3) is 5.91 Å². The summed E-state index contributed by atoms with van der Waals surface area (Å²) in [7, 11) is -3.64. The molecule has 1 amide bonds. The highest BCUT2D eigenvalue weighted by atomic mass is 79.9. The van der Waals surface area contributed by atoms with E-state index in [1.54, 1.807) is 30.5 Å². The van der Waals surface area contributed by atoms with Crippen molar-refractivity contribution < 1.29 is 13.2 Å². The van der Waals surface area contributed by atoms with Crippen molar-refractivity contribution in [3.63, 3.8) is 0 Å². The average Bonchev–Trinajstić information content (AvgIpc) is 3.02. The molecule has 0 bridgehead atoms. The molecule has 3 rings (SSSR count). The number of benzene rings is 1. The van der Waals surface area contributed by atoms with E-state index in [0.29, 0.717) is 25.4 Å². The molecule has 0 aliphatic heterocycles. The van der Waals surface area contributed by atoms with Crippen molar-refractivity contribution in [1.29, 1.82) is 0 Å². The van der Waals surface area contributed by atoms with Crippen LogP contribution in [0.5, 0.6) is 0 Å². The second kappa shape index (κ2) is 8.47. The molecule has 1 N–H and O–H groups in total. The SMILES string of the molecule is CC(C)N(C(C)C)S(=O)(=O)c1ccc2nc(NC(=O)c3cncc(Br)c3)sc2c1. The Morgan fingerprint density at radius 3 is 2.45 bits per heavy atom. The van der Waals surface area contributed by atoms with Gasteiger partial charge in [-0.2, -0.15) is 4.31 Å². The largest absolute Gasteiger partial charge is 0.298 e. The molecule has 0 spiro atoms. The Labute approximate surface area is 182 Å². The molecule has 0 aliphatic carbocycles. The van der Waals surface area contributed by atoms with Gasteiger partial charge in [-0.3, -0.25) is 15.1 Å². The molecule has 10 heteroatoms. The number of hydrogen-bond donors (Lipinski definition) is 1. The van der Waals surface area contributed by atoms with Gasteiger partial charge in [-0.1, -0.05) is 11.3 Å². The van der Waals surface area contributed by atoms with Gasteiger partial charge < -0.3 is 0 Å². The first kappa shape index (κ1) is 21.8. The first-order valence-electron chi connectivity index (χ1n) is 8.95. The van der Waals surface area contributed by atoms with Crippen molar-refractivity contribution in [3.05, 3.63) is 46.7 Å². The Morgan fingerprint density at radius 1 is 1.14 bits per heavy atom. The van der Waals surface area contributed by atoms with Crippen molar-refractivity contribution in [2.24, 2.45) is 0 Å². The highest BCUT2D eigenvalue weighted by molar-refractivity contribution is 9.10. The molecule has 0 saturated heterocycles. The fourth-order valence-electron chi connectivity index (χ4n) is 3.10. The number of fused-ring (bicyclic) bond motifs is 1. The van der Waals surface area contributed by atoms with Gasteiger partial charge >= 0.3 is 0 Å². The Hall–Kier alpha value is -1.88. The number of hydrogen-bond acceptors (Lipinski definition) is 6. The number of carbonyl (C=O) groups excluding carboxylic acids is 1. The van der Waals surface area contributed by atoms with Crippen LogP contribution in [-0.4, -0.2) is 40.7 Å². The van der Waals surface area contributed by atoms with E-state index in [2.05, 4.69) is 31.2 Å². The first-order valence-corrected chi connectivity index (χ1v) is 12.0. The maximum Gasteiger partial charge on any atom is 0.259 e. The maximum atomic E-state index is 13.1. The van der Waals surface area contributed by atoms with Crippen LogP contribution in [0.25, 0.3) is 10.2 Å². The molecule has 0 radical (unpaired) electrons. The van der Waals surface area contributed by atoms with Crippen molar-refractivity contribution in [2.45, 2.75) is 44.7 Å². The van der Waals surface area contributed by atoms with Crippen LogP contribution in [0.1, 0.15) is 38.1 Å². The predicted octanol–water partition coefficient (Wildman–Crippen LogP) is 4.51. The topological polar surface area (TPSA) is 92.3 Å². The Kier molecular flexibility index (Phi) is 6.37. The van der Waals surface area contributed by atoms with E-state index < -0.39 is 10.0 Å². The number of rotatable bonds is 6. The highest BCUT2D eigenvalue weighted by Crippen LogP contribution is 2.30. The van der Waals surface area contributed by atoms with Gasteiger partial charge in [-0.25, -0.2) is 13.4 Å². The fourth-order valence-corrected chi connectivity index (χ4v) is 6.30. The molecule has 7 nitrogen and oxygen atoms in total. The van der Waals surface area contributed by atoms with Crippen LogP contribution in [0, 0.1) is 0 Å². The minimum atomic E-state index is -3.64. The van der Waals surface area contributed by atoms with Crippen LogP contribution in [-0.2, 0) is 10.0 Å². The lowest BCUT2D eigenvalue weighted by Gasteiger charge is -2.29. The van der Waals surface area contributed by atoms with Gasteiger partial charge in [-0.15, -0.1) is 0 Å². The molecule has 3 aromatic rings. The lowest BCUT2D eigenvalue weighted by atomic mass is 10.3. The third-order valence-corrected chi connectivity index (χ3v) is 7.76. The lowest BCUT2D eigenvalue weighted by molar-refractivity contribution is 0.102. The molecule has 2 heterocycles. The van der Waals surface area contributed by atoms with Crippen molar-refractivity contribution in [1.82, 2.24) is 14.3 Å². The summed E-state index contributed by atoms with van der Waals surface area (Å²) in [5, 5.41) is 3.13. The smallest absolute Gasteiger partial charge is 0.259 e. The van der Waals surface area contributed by atoms with Crippen LogP contribution < -0.4 is 5.32 Å². The molecule has 2 aromatic heterocycles. The van der Waals surface area contributed by atoms with Crippen molar-refractivity contribution in [2.75, 3.05) is 5.32 Å². The van der Waals surface area contributed by atoms with Crippen LogP contribution in [0.3, 0.4) is 0 Å². The number of anilines is 1. The second-order valence-corrected chi connectivity index (χ2v) is 10.8. The van der Waals surface area contributed by atoms with Gasteiger partial charge in [0.05, 0.1) is 20.7 Å². The Balaban J connectivity index is 1.91. The first-order chi connectivity index (χ1) is 13.6. The van der Waals surface area contributed by atoms with Crippen LogP contribution in [0.15, 0.2) is 46.0 Å². The van der Waals surface area contributed by atoms with E-state index in [1.165, 1.54) is 21.8 Å². The number of aromatic nitrogens is 2. The highest BCUT2D eigenvalue weighted by Gasteiger charge is 2.29. The minimum Gasteiger partial charge on any atom is -0.298 e. The summed E-state index contributed by atoms with van der Waals surface area (Å²) in [6.07, 6.45) is 3.05. The average molecular weight is 497 g/mol. The number of pyridine rings is 1. The third-order valence-electron chi connectivity index (χ3n) is 4.14. The third kappa shape index (κ3) is 4.66. The maximum absolute atomic E-state index is 13.1. The summed E-state index contributed by atoms with van der Waals surface area (Å²) in [6, 6.07) is 6.16. The summed E-state index contributed by atoms with van der Waals surface area (Å²) < 4.78 is 29.0. The molecule has 0 saturated carbocycles. The number of thiazole rings is 1. The normalized spacial score (nSPS) is 12.3. The second-order valence-electron chi connectivity index (χ2n) is 7.02. The summed E-state index contributed by atoms with van der Waals surface area (Å²) in [4.78, 5) is 21.0. The van der Waals surface area contributed by atoms with Crippen LogP contribution in [0.4, 0.5) is 5.13 Å². The van der Waals surface area contributed by atoms with Crippen LogP contribution in [0.2, 0.25) is 0 Å². The molecule has 0 fully saturated rings. The van der Waals surface area contributed by atoms with Gasteiger partial charge in [0.1, 0.15) is 0 Å². The van der Waals surface area contributed by atoms with Crippen LogP contribution >= 0.6 is 27.3 Å². The van der Waals surface area contributed by atoms with E-state index in [1.807, 2.05) is 27.7 Å². The zero-order chi connectivity index (χ0) is 21.3. The van der Waals surface area contributed by atoms with E-state index in [0.717, 1.165) is 0 Å². The molecule has 0 unspecified atom stereocenters. The number of nitrogens with one attached hydrogen (secondary N) is 1. The van der Waals surface area contributed by atoms with E-state index in [9.17, 15) is 13.2 Å². The fraction of sp³-hybridized carbons (Fsp3) is 0.316. The van der Waals surface area contributed by atoms with Gasteiger partial charge in [0.2, 0.25) is 10.0 Å². The molecule has 0 atom stereocenters. The number of sulfonamides is 1. The zero-order valence-electron chi connectivity index (χ0n) is 16.4. The monoisotopic (exact) mass is 496 g/mol. The zero-order valence-corrected chi connectivity index (χ0v) is 19.6. The lowest BCUT2D eigenvalue weighted by Crippen LogP contribution is -2.41. The molecule has 29 heavy (non-hydrogen) atoms. The summed E-state index contributed by atoms with van der Waals surface area (Å²) in [5.41, 5.74) is 1.02. The van der Waals surface area contributed by atoms with E-state index in [4.69, 9.17) is 0 Å². The summed E-state index contributed by atoms with van der Waals surface area (Å²) >= 11 is 4.51. The molecule has 0 aliphatic rings.